The van der Waals surface area contributed by atoms with Crippen LogP contribution in [0.25, 0.3) is 0 Å². The molecule has 1 fully saturated rings. The highest BCUT2D eigenvalue weighted by Gasteiger charge is 2.34. The topological polar surface area (TPSA) is 75.6 Å². The molecule has 1 aromatic rings. The van der Waals surface area contributed by atoms with Gasteiger partial charge in [-0.05, 0) is 32.8 Å². The maximum absolute atomic E-state index is 12.3. The Morgan fingerprint density at radius 1 is 1.26 bits per heavy atom. The van der Waals surface area contributed by atoms with E-state index in [9.17, 15) is 9.59 Å². The molecule has 2 rings (SSSR count). The number of carbonyl (C=O) groups excluding carboxylic acids is 1. The molecule has 126 valence electrons. The molecule has 0 aliphatic carbocycles. The van der Waals surface area contributed by atoms with Gasteiger partial charge in [-0.25, -0.2) is 0 Å². The first-order chi connectivity index (χ1) is 10.8. The van der Waals surface area contributed by atoms with E-state index in [1.807, 2.05) is 13.8 Å². The smallest absolute Gasteiger partial charge is 0.316 e. The van der Waals surface area contributed by atoms with E-state index in [2.05, 4.69) is 5.32 Å². The molecule has 0 saturated carbocycles. The zero-order valence-corrected chi connectivity index (χ0v) is 15.0. The largest absolute Gasteiger partial charge is 0.489 e. The SMILES string of the molecule is CC(C)Oc1cc(NC(=O)C2CC[C@H](C(=O)O)S2)c(Cl)cc1Cl. The number of hydrogen-bond donors (Lipinski definition) is 2. The molecule has 0 spiro atoms. The molecule has 0 radical (unpaired) electrons. The second-order valence-corrected chi connectivity index (χ2v) is 7.67. The number of rotatable bonds is 5. The molecule has 5 nitrogen and oxygen atoms in total. The van der Waals surface area contributed by atoms with Gasteiger partial charge < -0.3 is 15.2 Å². The predicted molar refractivity (Wildman–Crippen MR) is 92.9 cm³/mol. The molecule has 8 heteroatoms. The van der Waals surface area contributed by atoms with Gasteiger partial charge in [-0.15, -0.1) is 11.8 Å². The van der Waals surface area contributed by atoms with Crippen molar-refractivity contribution >= 4 is 52.5 Å². The van der Waals surface area contributed by atoms with Crippen molar-refractivity contribution in [3.05, 3.63) is 22.2 Å². The average Bonchev–Trinajstić information content (AvgIpc) is 2.93. The fraction of sp³-hybridized carbons (Fsp3) is 0.467. The van der Waals surface area contributed by atoms with E-state index in [1.54, 1.807) is 6.07 Å². The minimum Gasteiger partial charge on any atom is -0.489 e. The monoisotopic (exact) mass is 377 g/mol. The summed E-state index contributed by atoms with van der Waals surface area (Å²) in [5.41, 5.74) is 0.399. The summed E-state index contributed by atoms with van der Waals surface area (Å²) in [4.78, 5) is 23.3. The lowest BCUT2D eigenvalue weighted by molar-refractivity contribution is -0.136. The Morgan fingerprint density at radius 2 is 1.91 bits per heavy atom. The lowest BCUT2D eigenvalue weighted by Gasteiger charge is -2.16. The van der Waals surface area contributed by atoms with E-state index in [-0.39, 0.29) is 12.0 Å². The van der Waals surface area contributed by atoms with Crippen LogP contribution in [0.5, 0.6) is 5.75 Å². The quantitative estimate of drug-likeness (QED) is 0.808. The Balaban J connectivity index is 2.10. The summed E-state index contributed by atoms with van der Waals surface area (Å²) in [6.07, 6.45) is 0.932. The summed E-state index contributed by atoms with van der Waals surface area (Å²) in [6.45, 7) is 3.73. The first-order valence-electron chi connectivity index (χ1n) is 7.12. The first kappa shape index (κ1) is 18.2. The van der Waals surface area contributed by atoms with Crippen molar-refractivity contribution in [2.24, 2.45) is 0 Å². The van der Waals surface area contributed by atoms with Gasteiger partial charge in [0.05, 0.1) is 27.1 Å². The highest BCUT2D eigenvalue weighted by atomic mass is 35.5. The van der Waals surface area contributed by atoms with Gasteiger partial charge in [-0.2, -0.15) is 0 Å². The van der Waals surface area contributed by atoms with Gasteiger partial charge in [-0.3, -0.25) is 9.59 Å². The van der Waals surface area contributed by atoms with Crippen LogP contribution < -0.4 is 10.1 Å². The molecule has 1 aromatic carbocycles. The minimum absolute atomic E-state index is 0.0704. The first-order valence-corrected chi connectivity index (χ1v) is 8.82. The van der Waals surface area contributed by atoms with Crippen molar-refractivity contribution in [3.63, 3.8) is 0 Å². The molecule has 1 heterocycles. The van der Waals surface area contributed by atoms with Crippen LogP contribution in [0, 0.1) is 0 Å². The number of benzene rings is 1. The van der Waals surface area contributed by atoms with Gasteiger partial charge in [0.25, 0.3) is 0 Å². The van der Waals surface area contributed by atoms with Gasteiger partial charge in [0.15, 0.2) is 0 Å². The Labute approximate surface area is 148 Å². The van der Waals surface area contributed by atoms with E-state index in [0.29, 0.717) is 34.3 Å². The summed E-state index contributed by atoms with van der Waals surface area (Å²) in [5.74, 6) is -0.718. The number of aliphatic carboxylic acids is 1. The molecule has 1 amide bonds. The number of carbonyl (C=O) groups is 2. The van der Waals surface area contributed by atoms with Crippen LogP contribution in [-0.4, -0.2) is 33.6 Å². The van der Waals surface area contributed by atoms with Crippen molar-refractivity contribution in [2.75, 3.05) is 5.32 Å². The van der Waals surface area contributed by atoms with Gasteiger partial charge >= 0.3 is 5.97 Å². The number of carboxylic acid groups (broad SMARTS) is 1. The summed E-state index contributed by atoms with van der Waals surface area (Å²) in [5, 5.41) is 11.4. The van der Waals surface area contributed by atoms with Gasteiger partial charge in [0.2, 0.25) is 5.91 Å². The van der Waals surface area contributed by atoms with Gasteiger partial charge in [0, 0.05) is 6.07 Å². The summed E-state index contributed by atoms with van der Waals surface area (Å²) in [6, 6.07) is 3.09. The Kier molecular flexibility index (Phi) is 6.06. The molecule has 1 aliphatic rings. The highest BCUT2D eigenvalue weighted by molar-refractivity contribution is 8.02. The third-order valence-corrected chi connectivity index (χ3v) is 5.38. The number of nitrogens with one attached hydrogen (secondary N) is 1. The van der Waals surface area contributed by atoms with E-state index >= 15 is 0 Å². The fourth-order valence-corrected chi connectivity index (χ4v) is 3.91. The number of ether oxygens (including phenoxy) is 1. The van der Waals surface area contributed by atoms with E-state index in [0.717, 1.165) is 11.8 Å². The van der Waals surface area contributed by atoms with Crippen molar-refractivity contribution in [3.8, 4) is 5.75 Å². The summed E-state index contributed by atoms with van der Waals surface area (Å²) >= 11 is 13.3. The number of amides is 1. The van der Waals surface area contributed by atoms with Crippen LogP contribution in [-0.2, 0) is 9.59 Å². The summed E-state index contributed by atoms with van der Waals surface area (Å²) < 4.78 is 5.57. The molecule has 0 aromatic heterocycles. The van der Waals surface area contributed by atoms with Crippen LogP contribution >= 0.6 is 35.0 Å². The van der Waals surface area contributed by atoms with Crippen LogP contribution in [0.4, 0.5) is 5.69 Å². The predicted octanol–water partition coefficient (Wildman–Crippen LogP) is 4.07. The maximum Gasteiger partial charge on any atom is 0.316 e. The molecule has 1 aliphatic heterocycles. The molecule has 2 atom stereocenters. The molecule has 2 N–H and O–H groups in total. The van der Waals surface area contributed by atoms with Crippen LogP contribution in [0.15, 0.2) is 12.1 Å². The van der Waals surface area contributed by atoms with Gasteiger partial charge in [-0.1, -0.05) is 23.2 Å². The van der Waals surface area contributed by atoms with Crippen molar-refractivity contribution in [1.29, 1.82) is 0 Å². The number of anilines is 1. The minimum atomic E-state index is -0.887. The fourth-order valence-electron chi connectivity index (χ4n) is 2.19. The zero-order valence-electron chi connectivity index (χ0n) is 12.6. The lowest BCUT2D eigenvalue weighted by Crippen LogP contribution is -2.24. The lowest BCUT2D eigenvalue weighted by atomic mass is 10.2. The molecular weight excluding hydrogens is 361 g/mol. The van der Waals surface area contributed by atoms with Crippen molar-refractivity contribution in [1.82, 2.24) is 0 Å². The standard InChI is InChI=1S/C15H17Cl2NO4S/c1-7(2)22-11-6-10(8(16)5-9(11)17)18-14(19)12-3-4-13(23-12)15(20)21/h5-7,12-13H,3-4H2,1-2H3,(H,18,19)(H,20,21)/t12?,13-/m1/s1. The molecule has 0 bridgehead atoms. The van der Waals surface area contributed by atoms with Crippen LogP contribution in [0.1, 0.15) is 26.7 Å². The second-order valence-electron chi connectivity index (χ2n) is 5.45. The number of thioether (sulfide) groups is 1. The van der Waals surface area contributed by atoms with Crippen LogP contribution in [0.3, 0.4) is 0 Å². The Hall–Kier alpha value is -1.11. The Bertz CT molecular complexity index is 624. The number of carboxylic acids is 1. The van der Waals surface area contributed by atoms with E-state index in [1.165, 1.54) is 6.07 Å². The normalized spacial score (nSPS) is 20.6. The molecular formula is C15H17Cl2NO4S. The summed E-state index contributed by atoms with van der Waals surface area (Å²) in [7, 11) is 0. The molecule has 1 saturated heterocycles. The highest BCUT2D eigenvalue weighted by Crippen LogP contribution is 2.37. The number of hydrogen-bond acceptors (Lipinski definition) is 4. The Morgan fingerprint density at radius 3 is 2.48 bits per heavy atom. The van der Waals surface area contributed by atoms with Crippen molar-refractivity contribution in [2.45, 2.75) is 43.3 Å². The average molecular weight is 378 g/mol. The maximum atomic E-state index is 12.3. The third-order valence-electron chi connectivity index (χ3n) is 3.23. The zero-order chi connectivity index (χ0) is 17.1. The van der Waals surface area contributed by atoms with E-state index < -0.39 is 16.5 Å². The van der Waals surface area contributed by atoms with E-state index in [4.69, 9.17) is 33.0 Å². The third kappa shape index (κ3) is 4.68. The molecule has 23 heavy (non-hydrogen) atoms. The van der Waals surface area contributed by atoms with Crippen LogP contribution in [0.2, 0.25) is 10.0 Å². The number of halogens is 2. The van der Waals surface area contributed by atoms with Crippen molar-refractivity contribution < 1.29 is 19.4 Å². The van der Waals surface area contributed by atoms with Gasteiger partial charge in [0.1, 0.15) is 11.0 Å². The second kappa shape index (κ2) is 7.64. The molecule has 1 unspecified atom stereocenters.